The zero-order chi connectivity index (χ0) is 16.6. The van der Waals surface area contributed by atoms with Crippen LogP contribution in [0.25, 0.3) is 10.9 Å². The van der Waals surface area contributed by atoms with Gasteiger partial charge in [-0.15, -0.1) is 0 Å². The molecule has 1 fully saturated rings. The Labute approximate surface area is 132 Å². The molecule has 0 saturated carbocycles. The standard InChI is InChI=1S/C16H18F3N3O/c1-21-6-8-22(9-7-21)14-10-12(16(17,18)19)11-4-3-5-13(23-2)15(11)20-14/h3-5,10H,6-9H2,1-2H3. The first kappa shape index (κ1) is 15.9. The van der Waals surface area contributed by atoms with Gasteiger partial charge in [0.05, 0.1) is 12.7 Å². The molecule has 1 aliphatic rings. The minimum absolute atomic E-state index is 0.0646. The summed E-state index contributed by atoms with van der Waals surface area (Å²) >= 11 is 0. The number of alkyl halides is 3. The fourth-order valence-corrected chi connectivity index (χ4v) is 2.81. The number of rotatable bonds is 2. The lowest BCUT2D eigenvalue weighted by Crippen LogP contribution is -2.44. The first-order chi connectivity index (χ1) is 10.9. The van der Waals surface area contributed by atoms with Crippen LogP contribution < -0.4 is 9.64 Å². The third-order valence-electron chi connectivity index (χ3n) is 4.14. The molecular formula is C16H18F3N3O. The summed E-state index contributed by atoms with van der Waals surface area (Å²) in [6.07, 6.45) is -4.44. The number of piperazine rings is 1. The van der Waals surface area contributed by atoms with Gasteiger partial charge in [-0.3, -0.25) is 0 Å². The molecule has 0 unspecified atom stereocenters. The summed E-state index contributed by atoms with van der Waals surface area (Å²) in [5, 5.41) is 0.0646. The van der Waals surface area contributed by atoms with Crippen molar-refractivity contribution in [3.05, 3.63) is 29.8 Å². The number of ether oxygens (including phenoxy) is 1. The minimum atomic E-state index is -4.44. The zero-order valence-electron chi connectivity index (χ0n) is 13.0. The van der Waals surface area contributed by atoms with Gasteiger partial charge in [-0.05, 0) is 19.2 Å². The average molecular weight is 325 g/mol. The van der Waals surface area contributed by atoms with Gasteiger partial charge >= 0.3 is 6.18 Å². The van der Waals surface area contributed by atoms with Gasteiger partial charge in [0.1, 0.15) is 17.1 Å². The highest BCUT2D eigenvalue weighted by Crippen LogP contribution is 2.38. The molecule has 7 heteroatoms. The molecule has 0 atom stereocenters. The van der Waals surface area contributed by atoms with Crippen molar-refractivity contribution in [3.63, 3.8) is 0 Å². The van der Waals surface area contributed by atoms with E-state index in [1.54, 1.807) is 12.1 Å². The van der Waals surface area contributed by atoms with Gasteiger partial charge in [-0.25, -0.2) is 4.98 Å². The highest BCUT2D eigenvalue weighted by Gasteiger charge is 2.34. The Balaban J connectivity index is 2.16. The van der Waals surface area contributed by atoms with Crippen molar-refractivity contribution in [2.45, 2.75) is 6.18 Å². The fourth-order valence-electron chi connectivity index (χ4n) is 2.81. The predicted molar refractivity (Wildman–Crippen MR) is 83.0 cm³/mol. The van der Waals surface area contributed by atoms with Crippen LogP contribution >= 0.6 is 0 Å². The van der Waals surface area contributed by atoms with Gasteiger partial charge in [0.2, 0.25) is 0 Å². The summed E-state index contributed by atoms with van der Waals surface area (Å²) in [5.41, 5.74) is -0.422. The maximum Gasteiger partial charge on any atom is 0.417 e. The quantitative estimate of drug-likeness (QED) is 0.849. The van der Waals surface area contributed by atoms with Gasteiger partial charge in [-0.2, -0.15) is 13.2 Å². The van der Waals surface area contributed by atoms with E-state index in [0.29, 0.717) is 24.7 Å². The normalized spacial score (nSPS) is 16.8. The molecule has 0 N–H and O–H groups in total. The van der Waals surface area contributed by atoms with E-state index in [0.717, 1.165) is 19.2 Å². The molecule has 1 saturated heterocycles. The smallest absolute Gasteiger partial charge is 0.417 e. The Morgan fingerprint density at radius 3 is 2.43 bits per heavy atom. The monoisotopic (exact) mass is 325 g/mol. The third-order valence-corrected chi connectivity index (χ3v) is 4.14. The van der Waals surface area contributed by atoms with E-state index >= 15 is 0 Å². The second-order valence-corrected chi connectivity index (χ2v) is 5.67. The number of likely N-dealkylation sites (N-methyl/N-ethyl adjacent to an activating group) is 1. The molecule has 4 nitrogen and oxygen atoms in total. The molecule has 1 aromatic heterocycles. The van der Waals surface area contributed by atoms with Crippen LogP contribution in [0.2, 0.25) is 0 Å². The van der Waals surface area contributed by atoms with Crippen LogP contribution in [0, 0.1) is 0 Å². The molecule has 0 amide bonds. The predicted octanol–water partition coefficient (Wildman–Crippen LogP) is 3.01. The minimum Gasteiger partial charge on any atom is -0.494 e. The van der Waals surface area contributed by atoms with E-state index in [2.05, 4.69) is 9.88 Å². The zero-order valence-corrected chi connectivity index (χ0v) is 13.0. The number of anilines is 1. The lowest BCUT2D eigenvalue weighted by molar-refractivity contribution is -0.136. The highest BCUT2D eigenvalue weighted by atomic mass is 19.4. The molecule has 2 heterocycles. The lowest BCUT2D eigenvalue weighted by atomic mass is 10.1. The average Bonchev–Trinajstić information content (AvgIpc) is 2.53. The van der Waals surface area contributed by atoms with Crippen LogP contribution in [0.5, 0.6) is 5.75 Å². The topological polar surface area (TPSA) is 28.6 Å². The molecule has 2 aromatic rings. The van der Waals surface area contributed by atoms with Crippen LogP contribution in [0.1, 0.15) is 5.56 Å². The summed E-state index contributed by atoms with van der Waals surface area (Å²) in [6.45, 7) is 2.91. The van der Waals surface area contributed by atoms with Gasteiger partial charge in [-0.1, -0.05) is 12.1 Å². The molecule has 124 valence electrons. The number of nitrogens with zero attached hydrogens (tertiary/aromatic N) is 3. The Hall–Kier alpha value is -2.02. The number of fused-ring (bicyclic) bond motifs is 1. The van der Waals surface area contributed by atoms with E-state index in [4.69, 9.17) is 4.74 Å². The number of aromatic nitrogens is 1. The molecule has 0 aliphatic carbocycles. The summed E-state index contributed by atoms with van der Waals surface area (Å²) < 4.78 is 45.6. The van der Waals surface area contributed by atoms with Crippen LogP contribution in [-0.4, -0.2) is 50.2 Å². The van der Waals surface area contributed by atoms with E-state index in [1.165, 1.54) is 13.2 Å². The highest BCUT2D eigenvalue weighted by molar-refractivity contribution is 5.89. The maximum atomic E-state index is 13.5. The van der Waals surface area contributed by atoms with Crippen molar-refractivity contribution < 1.29 is 17.9 Å². The van der Waals surface area contributed by atoms with Crippen molar-refractivity contribution >= 4 is 16.7 Å². The number of halogens is 3. The van der Waals surface area contributed by atoms with Gasteiger partial charge in [0, 0.05) is 31.6 Å². The van der Waals surface area contributed by atoms with Crippen LogP contribution in [0.15, 0.2) is 24.3 Å². The Morgan fingerprint density at radius 1 is 1.13 bits per heavy atom. The van der Waals surface area contributed by atoms with Crippen molar-refractivity contribution in [1.29, 1.82) is 0 Å². The van der Waals surface area contributed by atoms with Crippen LogP contribution in [0.3, 0.4) is 0 Å². The summed E-state index contributed by atoms with van der Waals surface area (Å²) in [4.78, 5) is 8.48. The summed E-state index contributed by atoms with van der Waals surface area (Å²) in [6, 6.07) is 5.76. The van der Waals surface area contributed by atoms with E-state index in [1.807, 2.05) is 11.9 Å². The van der Waals surface area contributed by atoms with Crippen LogP contribution in [0.4, 0.5) is 19.0 Å². The number of hydrogen-bond acceptors (Lipinski definition) is 4. The number of pyridine rings is 1. The van der Waals surface area contributed by atoms with E-state index in [-0.39, 0.29) is 10.9 Å². The van der Waals surface area contributed by atoms with Gasteiger partial charge < -0.3 is 14.5 Å². The van der Waals surface area contributed by atoms with Crippen molar-refractivity contribution in [3.8, 4) is 5.75 Å². The fraction of sp³-hybridized carbons (Fsp3) is 0.438. The number of para-hydroxylation sites is 1. The lowest BCUT2D eigenvalue weighted by Gasteiger charge is -2.33. The SMILES string of the molecule is COc1cccc2c(C(F)(F)F)cc(N3CCN(C)CC3)nc12. The van der Waals surface area contributed by atoms with Crippen molar-refractivity contribution in [1.82, 2.24) is 9.88 Å². The molecule has 23 heavy (non-hydrogen) atoms. The summed E-state index contributed by atoms with van der Waals surface area (Å²) in [7, 11) is 3.43. The number of methoxy groups -OCH3 is 1. The van der Waals surface area contributed by atoms with E-state index in [9.17, 15) is 13.2 Å². The Morgan fingerprint density at radius 2 is 1.83 bits per heavy atom. The second kappa shape index (κ2) is 5.88. The number of hydrogen-bond donors (Lipinski definition) is 0. The second-order valence-electron chi connectivity index (χ2n) is 5.67. The molecule has 1 aliphatic heterocycles. The molecule has 1 aromatic carbocycles. The largest absolute Gasteiger partial charge is 0.494 e. The van der Waals surface area contributed by atoms with Gasteiger partial charge in [0.25, 0.3) is 0 Å². The molecule has 3 rings (SSSR count). The Bertz CT molecular complexity index is 710. The first-order valence-corrected chi connectivity index (χ1v) is 7.38. The van der Waals surface area contributed by atoms with E-state index < -0.39 is 11.7 Å². The molecular weight excluding hydrogens is 307 g/mol. The van der Waals surface area contributed by atoms with Crippen molar-refractivity contribution in [2.24, 2.45) is 0 Å². The number of benzene rings is 1. The van der Waals surface area contributed by atoms with Crippen molar-refractivity contribution in [2.75, 3.05) is 45.2 Å². The first-order valence-electron chi connectivity index (χ1n) is 7.38. The van der Waals surface area contributed by atoms with Gasteiger partial charge in [0.15, 0.2) is 0 Å². The molecule has 0 radical (unpaired) electrons. The molecule has 0 spiro atoms. The summed E-state index contributed by atoms with van der Waals surface area (Å²) in [5.74, 6) is 0.700. The Kier molecular flexibility index (Phi) is 4.06. The van der Waals surface area contributed by atoms with Crippen LogP contribution in [-0.2, 0) is 6.18 Å². The third kappa shape index (κ3) is 3.06. The molecule has 0 bridgehead atoms. The maximum absolute atomic E-state index is 13.5.